The van der Waals surface area contributed by atoms with Crippen molar-refractivity contribution in [2.24, 2.45) is 5.16 Å². The average molecular weight is 586 g/mol. The second-order valence-electron chi connectivity index (χ2n) is 10.1. The fourth-order valence-electron chi connectivity index (χ4n) is 4.83. The lowest BCUT2D eigenvalue weighted by Gasteiger charge is -2.35. The van der Waals surface area contributed by atoms with Gasteiger partial charge in [-0.15, -0.1) is 0 Å². The van der Waals surface area contributed by atoms with Crippen molar-refractivity contribution in [2.45, 2.75) is 25.0 Å². The number of oxime groups is 1. The van der Waals surface area contributed by atoms with E-state index in [1.807, 2.05) is 115 Å². The number of rotatable bonds is 13. The average Bonchev–Trinajstić information content (AvgIpc) is 3.08. The fraction of sp³-hybridized carbons (Fsp3) is 0.111. The van der Waals surface area contributed by atoms with E-state index in [-0.39, 0.29) is 24.6 Å². The molecule has 8 heteroatoms. The van der Waals surface area contributed by atoms with Crippen LogP contribution in [0, 0.1) is 10.1 Å². The second-order valence-corrected chi connectivity index (χ2v) is 10.1. The topological polar surface area (TPSA) is 103 Å². The molecule has 0 atom stereocenters. The van der Waals surface area contributed by atoms with E-state index in [2.05, 4.69) is 10.6 Å². The third kappa shape index (κ3) is 7.42. The highest BCUT2D eigenvalue weighted by molar-refractivity contribution is 5.79. The van der Waals surface area contributed by atoms with Crippen LogP contribution in [0.15, 0.2) is 145 Å². The maximum atomic E-state index is 13.1. The van der Waals surface area contributed by atoms with Crippen LogP contribution < -0.4 is 5.48 Å². The maximum Gasteiger partial charge on any atom is 0.269 e. The van der Waals surface area contributed by atoms with Gasteiger partial charge in [-0.1, -0.05) is 120 Å². The second kappa shape index (κ2) is 14.5. The Bertz CT molecular complexity index is 1580. The van der Waals surface area contributed by atoms with E-state index in [0.717, 1.165) is 33.4 Å². The molecule has 0 aliphatic rings. The molecule has 0 saturated carbocycles. The summed E-state index contributed by atoms with van der Waals surface area (Å²) in [5, 5.41) is 14.7. The number of nitrogens with zero attached hydrogens (tertiary/aromatic N) is 2. The summed E-state index contributed by atoms with van der Waals surface area (Å²) in [6.45, 7) is 0.198. The normalized spacial score (nSPS) is 11.3. The van der Waals surface area contributed by atoms with Crippen molar-refractivity contribution in [1.29, 1.82) is 0 Å². The molecule has 220 valence electrons. The molecule has 1 N–H and O–H groups in total. The van der Waals surface area contributed by atoms with E-state index in [1.165, 1.54) is 12.1 Å². The number of hydrogen-bond acceptors (Lipinski definition) is 6. The van der Waals surface area contributed by atoms with Gasteiger partial charge in [0.05, 0.1) is 11.1 Å². The van der Waals surface area contributed by atoms with Crippen molar-refractivity contribution in [3.8, 4) is 0 Å². The summed E-state index contributed by atoms with van der Waals surface area (Å²) >= 11 is 0. The van der Waals surface area contributed by atoms with Crippen LogP contribution in [0.2, 0.25) is 0 Å². The Morgan fingerprint density at radius 1 is 0.727 bits per heavy atom. The van der Waals surface area contributed by atoms with Crippen LogP contribution in [0.5, 0.6) is 0 Å². The highest BCUT2D eigenvalue weighted by Gasteiger charge is 2.39. The number of hydrogen-bond donors (Lipinski definition) is 1. The van der Waals surface area contributed by atoms with Crippen LogP contribution in [-0.2, 0) is 33.1 Å². The van der Waals surface area contributed by atoms with Gasteiger partial charge in [0.15, 0.2) is 5.60 Å². The number of benzene rings is 5. The first kappa shape index (κ1) is 29.9. The fourth-order valence-corrected chi connectivity index (χ4v) is 4.83. The maximum absolute atomic E-state index is 13.1. The quantitative estimate of drug-likeness (QED) is 0.0686. The number of hydroxylamine groups is 1. The van der Waals surface area contributed by atoms with E-state index >= 15 is 0 Å². The number of nitro benzene ring substituents is 1. The number of nitro groups is 1. The van der Waals surface area contributed by atoms with Gasteiger partial charge in [0, 0.05) is 18.6 Å². The first-order valence-corrected chi connectivity index (χ1v) is 14.2. The van der Waals surface area contributed by atoms with E-state index in [4.69, 9.17) is 9.68 Å². The molecule has 5 aromatic rings. The van der Waals surface area contributed by atoms with Crippen molar-refractivity contribution < 1.29 is 19.4 Å². The Morgan fingerprint density at radius 2 is 1.23 bits per heavy atom. The van der Waals surface area contributed by atoms with Gasteiger partial charge < -0.3 is 4.84 Å². The first-order valence-electron chi connectivity index (χ1n) is 14.2. The van der Waals surface area contributed by atoms with E-state index < -0.39 is 10.5 Å². The molecule has 5 rings (SSSR count). The van der Waals surface area contributed by atoms with Crippen molar-refractivity contribution >= 4 is 17.8 Å². The van der Waals surface area contributed by atoms with Gasteiger partial charge in [-0.3, -0.25) is 19.7 Å². The zero-order valence-corrected chi connectivity index (χ0v) is 23.9. The molecule has 0 aliphatic carbocycles. The minimum Gasteiger partial charge on any atom is -0.391 e. The molecule has 0 heterocycles. The highest BCUT2D eigenvalue weighted by atomic mass is 16.7. The van der Waals surface area contributed by atoms with Crippen LogP contribution in [0.3, 0.4) is 0 Å². The summed E-state index contributed by atoms with van der Waals surface area (Å²) in [4.78, 5) is 35.1. The molecular formula is C36H31N3O5. The summed E-state index contributed by atoms with van der Waals surface area (Å²) in [5.74, 6) is -0.234. The standard InChI is InChI=1S/C36H31N3O5/c40-35(25-22-28-16-18-29(19-17-28)26-37-43-27-30-20-23-34(24-21-30)39(41)42)38-44-36(31-10-4-1-5-11-31,32-12-6-2-7-13-32)33-14-8-3-9-15-33/h1-21,23-24,26H,22,25,27H2,(H,38,40). The third-order valence-electron chi connectivity index (χ3n) is 7.13. The first-order chi connectivity index (χ1) is 21.5. The predicted molar refractivity (Wildman–Crippen MR) is 169 cm³/mol. The molecule has 0 aromatic heterocycles. The number of non-ortho nitro benzene ring substituents is 1. The van der Waals surface area contributed by atoms with Crippen LogP contribution in [0.4, 0.5) is 5.69 Å². The molecule has 0 bridgehead atoms. The number of carbonyl (C=O) groups excluding carboxylic acids is 1. The zero-order chi connectivity index (χ0) is 30.6. The van der Waals surface area contributed by atoms with Gasteiger partial charge in [0.25, 0.3) is 5.69 Å². The van der Waals surface area contributed by atoms with E-state index in [9.17, 15) is 14.9 Å². The lowest BCUT2D eigenvalue weighted by atomic mass is 9.80. The minimum absolute atomic E-state index is 0.0296. The van der Waals surface area contributed by atoms with Crippen LogP contribution in [0.1, 0.15) is 39.8 Å². The lowest BCUT2D eigenvalue weighted by Crippen LogP contribution is -2.40. The molecule has 0 aliphatic heterocycles. The van der Waals surface area contributed by atoms with Crippen molar-refractivity contribution in [2.75, 3.05) is 0 Å². The Labute approximate surface area is 255 Å². The predicted octanol–water partition coefficient (Wildman–Crippen LogP) is 7.12. The summed E-state index contributed by atoms with van der Waals surface area (Å²) in [7, 11) is 0. The Hall–Kier alpha value is -5.60. The SMILES string of the molecule is O=C(CCc1ccc(C=NOCc2ccc([N+](=O)[O-])cc2)cc1)NOC(c1ccccc1)(c1ccccc1)c1ccccc1. The monoisotopic (exact) mass is 585 g/mol. The van der Waals surface area contributed by atoms with Crippen LogP contribution in [-0.4, -0.2) is 17.0 Å². The molecule has 0 spiro atoms. The van der Waals surface area contributed by atoms with Crippen molar-refractivity contribution in [3.05, 3.63) is 183 Å². The van der Waals surface area contributed by atoms with Crippen molar-refractivity contribution in [1.82, 2.24) is 5.48 Å². The van der Waals surface area contributed by atoms with E-state index in [1.54, 1.807) is 18.3 Å². The number of nitrogens with one attached hydrogen (secondary N) is 1. The molecule has 0 unspecified atom stereocenters. The number of amides is 1. The Kier molecular flexibility index (Phi) is 9.87. The minimum atomic E-state index is -1.04. The smallest absolute Gasteiger partial charge is 0.269 e. The van der Waals surface area contributed by atoms with Gasteiger partial charge in [-0.05, 0) is 51.9 Å². The molecule has 8 nitrogen and oxygen atoms in total. The van der Waals surface area contributed by atoms with Crippen molar-refractivity contribution in [3.63, 3.8) is 0 Å². The summed E-state index contributed by atoms with van der Waals surface area (Å²) < 4.78 is 0. The Morgan fingerprint density at radius 3 is 1.73 bits per heavy atom. The van der Waals surface area contributed by atoms with Crippen LogP contribution >= 0.6 is 0 Å². The van der Waals surface area contributed by atoms with Gasteiger partial charge in [0.1, 0.15) is 6.61 Å². The molecular weight excluding hydrogens is 554 g/mol. The Balaban J connectivity index is 1.19. The molecule has 44 heavy (non-hydrogen) atoms. The molecule has 1 amide bonds. The lowest BCUT2D eigenvalue weighted by molar-refractivity contribution is -0.384. The third-order valence-corrected chi connectivity index (χ3v) is 7.13. The highest BCUT2D eigenvalue weighted by Crippen LogP contribution is 2.39. The number of carbonyl (C=O) groups is 1. The summed E-state index contributed by atoms with van der Waals surface area (Å²) in [5.41, 5.74) is 7.02. The number of aryl methyl sites for hydroxylation is 1. The van der Waals surface area contributed by atoms with E-state index in [0.29, 0.717) is 6.42 Å². The van der Waals surface area contributed by atoms with Crippen LogP contribution in [0.25, 0.3) is 0 Å². The summed E-state index contributed by atoms with van der Waals surface area (Å²) in [6, 6.07) is 43.4. The molecule has 0 fully saturated rings. The van der Waals surface area contributed by atoms with Gasteiger partial charge in [0.2, 0.25) is 5.91 Å². The largest absolute Gasteiger partial charge is 0.391 e. The summed E-state index contributed by atoms with van der Waals surface area (Å²) in [6.07, 6.45) is 2.35. The molecule has 0 saturated heterocycles. The molecule has 0 radical (unpaired) electrons. The molecule has 5 aromatic carbocycles. The van der Waals surface area contributed by atoms with Gasteiger partial charge >= 0.3 is 0 Å². The zero-order valence-electron chi connectivity index (χ0n) is 23.9. The van der Waals surface area contributed by atoms with Gasteiger partial charge in [-0.25, -0.2) is 5.48 Å². The van der Waals surface area contributed by atoms with Gasteiger partial charge in [-0.2, -0.15) is 0 Å².